The van der Waals surface area contributed by atoms with Crippen LogP contribution in [-0.2, 0) is 0 Å². The maximum absolute atomic E-state index is 10.5. The minimum Gasteiger partial charge on any atom is -0.492 e. The van der Waals surface area contributed by atoms with Gasteiger partial charge in [0.1, 0.15) is 0 Å². The van der Waals surface area contributed by atoms with Crippen molar-refractivity contribution in [3.63, 3.8) is 0 Å². The molecule has 0 fully saturated rings. The fraction of sp³-hybridized carbons (Fsp3) is 0.250. The quantitative estimate of drug-likeness (QED) is 0.740. The Hall–Kier alpha value is -2.55. The zero-order chi connectivity index (χ0) is 16.6. The highest BCUT2D eigenvalue weighted by Gasteiger charge is 2.22. The molecule has 3 rings (SSSR count). The summed E-state index contributed by atoms with van der Waals surface area (Å²) in [6.45, 7) is 8.37. The summed E-state index contributed by atoms with van der Waals surface area (Å²) >= 11 is 0. The van der Waals surface area contributed by atoms with Crippen molar-refractivity contribution in [2.75, 3.05) is 0 Å². The van der Waals surface area contributed by atoms with Gasteiger partial charge in [0.2, 0.25) is 5.88 Å². The third-order valence-corrected chi connectivity index (χ3v) is 4.07. The van der Waals surface area contributed by atoms with Gasteiger partial charge in [0.05, 0.1) is 16.9 Å². The summed E-state index contributed by atoms with van der Waals surface area (Å²) in [5, 5.41) is 14.9. The van der Waals surface area contributed by atoms with Gasteiger partial charge < -0.3 is 5.11 Å². The monoisotopic (exact) mass is 306 g/mol. The van der Waals surface area contributed by atoms with Crippen LogP contribution >= 0.6 is 0 Å². The smallest absolute Gasteiger partial charge is 0.239 e. The van der Waals surface area contributed by atoms with E-state index in [0.717, 1.165) is 22.5 Å². The molecule has 0 saturated heterocycles. The van der Waals surface area contributed by atoms with E-state index in [4.69, 9.17) is 0 Å². The topological polar surface area (TPSA) is 38.1 Å². The average molecular weight is 306 g/mol. The summed E-state index contributed by atoms with van der Waals surface area (Å²) in [5.74, 6) is 0.319. The summed E-state index contributed by atoms with van der Waals surface area (Å²) in [4.78, 5) is 0. The van der Waals surface area contributed by atoms with E-state index >= 15 is 0 Å². The third-order valence-electron chi connectivity index (χ3n) is 4.07. The third kappa shape index (κ3) is 2.87. The Labute approximate surface area is 137 Å². The van der Waals surface area contributed by atoms with Gasteiger partial charge in [0.25, 0.3) is 0 Å². The van der Waals surface area contributed by atoms with Crippen LogP contribution in [0.2, 0.25) is 0 Å². The van der Waals surface area contributed by atoms with Gasteiger partial charge in [-0.25, -0.2) is 4.68 Å². The number of rotatable bonds is 3. The van der Waals surface area contributed by atoms with Gasteiger partial charge in [0, 0.05) is 0 Å². The molecule has 3 aromatic rings. The van der Waals surface area contributed by atoms with Crippen LogP contribution in [0, 0.1) is 13.8 Å². The first-order chi connectivity index (χ1) is 11.0. The second kappa shape index (κ2) is 5.92. The molecule has 2 aromatic carbocycles. The Bertz CT molecular complexity index is 812. The molecule has 3 heteroatoms. The normalized spacial score (nSPS) is 11.2. The number of hydrogen-bond acceptors (Lipinski definition) is 2. The molecule has 0 spiro atoms. The predicted molar refractivity (Wildman–Crippen MR) is 94.2 cm³/mol. The van der Waals surface area contributed by atoms with Gasteiger partial charge in [-0.1, -0.05) is 61.4 Å². The van der Waals surface area contributed by atoms with Crippen molar-refractivity contribution in [2.24, 2.45) is 0 Å². The zero-order valence-corrected chi connectivity index (χ0v) is 14.0. The number of nitrogens with zero attached hydrogens (tertiary/aromatic N) is 2. The summed E-state index contributed by atoms with van der Waals surface area (Å²) in [7, 11) is 0. The molecule has 23 heavy (non-hydrogen) atoms. The first-order valence-electron chi connectivity index (χ1n) is 7.93. The van der Waals surface area contributed by atoms with E-state index in [0.29, 0.717) is 0 Å². The van der Waals surface area contributed by atoms with Crippen LogP contribution in [0.3, 0.4) is 0 Å². The highest BCUT2D eigenvalue weighted by Crippen LogP contribution is 2.37. The lowest BCUT2D eigenvalue weighted by molar-refractivity contribution is 0.449. The average Bonchev–Trinajstić information content (AvgIpc) is 2.86. The van der Waals surface area contributed by atoms with Crippen LogP contribution in [0.15, 0.2) is 48.5 Å². The fourth-order valence-corrected chi connectivity index (χ4v) is 2.83. The molecule has 1 aromatic heterocycles. The lowest BCUT2D eigenvalue weighted by atomic mass is 9.98. The van der Waals surface area contributed by atoms with Crippen molar-refractivity contribution in [3.8, 4) is 22.7 Å². The number of aryl methyl sites for hydroxylation is 2. The molecule has 0 atom stereocenters. The molecular weight excluding hydrogens is 284 g/mol. The molecule has 0 aliphatic rings. The van der Waals surface area contributed by atoms with Crippen LogP contribution in [0.1, 0.15) is 36.6 Å². The van der Waals surface area contributed by atoms with E-state index in [-0.39, 0.29) is 11.8 Å². The van der Waals surface area contributed by atoms with Crippen molar-refractivity contribution in [2.45, 2.75) is 33.6 Å². The summed E-state index contributed by atoms with van der Waals surface area (Å²) < 4.78 is 1.86. The number of aromatic hydroxyl groups is 1. The van der Waals surface area contributed by atoms with E-state index in [1.54, 1.807) is 0 Å². The van der Waals surface area contributed by atoms with Crippen molar-refractivity contribution >= 4 is 0 Å². The standard InChI is InChI=1S/C20H22N2O/c1-13(2)19-18(16-9-5-14(3)6-10-16)20(23)21-22(19)17-11-7-15(4)8-12-17/h5-13H,1-4H3,(H,21,23). The second-order valence-electron chi connectivity index (χ2n) is 6.35. The van der Waals surface area contributed by atoms with E-state index in [1.165, 1.54) is 11.1 Å². The minimum absolute atomic E-state index is 0.0816. The zero-order valence-electron chi connectivity index (χ0n) is 14.0. The predicted octanol–water partition coefficient (Wildman–Crippen LogP) is 4.99. The van der Waals surface area contributed by atoms with Gasteiger partial charge in [-0.3, -0.25) is 0 Å². The maximum Gasteiger partial charge on any atom is 0.239 e. The Balaban J connectivity index is 2.21. The summed E-state index contributed by atoms with van der Waals surface area (Å²) in [6.07, 6.45) is 0. The van der Waals surface area contributed by atoms with Crippen LogP contribution in [0.4, 0.5) is 0 Å². The first-order valence-corrected chi connectivity index (χ1v) is 7.93. The molecule has 118 valence electrons. The lowest BCUT2D eigenvalue weighted by Crippen LogP contribution is -2.04. The number of hydrogen-bond donors (Lipinski definition) is 1. The molecule has 1 heterocycles. The second-order valence-corrected chi connectivity index (χ2v) is 6.35. The van der Waals surface area contributed by atoms with Crippen LogP contribution < -0.4 is 0 Å². The number of benzene rings is 2. The molecule has 0 aliphatic carbocycles. The highest BCUT2D eigenvalue weighted by atomic mass is 16.3. The van der Waals surface area contributed by atoms with E-state index in [9.17, 15) is 5.11 Å². The van der Waals surface area contributed by atoms with Crippen LogP contribution in [0.5, 0.6) is 5.88 Å². The highest BCUT2D eigenvalue weighted by molar-refractivity contribution is 5.72. The fourth-order valence-electron chi connectivity index (χ4n) is 2.83. The van der Waals surface area contributed by atoms with Gasteiger partial charge >= 0.3 is 0 Å². The Morgan fingerprint density at radius 1 is 0.870 bits per heavy atom. The molecule has 0 bridgehead atoms. The molecule has 0 unspecified atom stereocenters. The van der Waals surface area contributed by atoms with E-state index < -0.39 is 0 Å². The Kier molecular flexibility index (Phi) is 3.95. The van der Waals surface area contributed by atoms with Gasteiger partial charge in [-0.05, 0) is 37.5 Å². The largest absolute Gasteiger partial charge is 0.492 e. The van der Waals surface area contributed by atoms with Gasteiger partial charge in [-0.15, -0.1) is 5.10 Å². The Morgan fingerprint density at radius 2 is 1.39 bits per heavy atom. The molecule has 1 N–H and O–H groups in total. The SMILES string of the molecule is Cc1ccc(-c2c(O)nn(-c3ccc(C)cc3)c2C(C)C)cc1. The molecule has 0 amide bonds. The van der Waals surface area contributed by atoms with Crippen LogP contribution in [-0.4, -0.2) is 14.9 Å². The van der Waals surface area contributed by atoms with Crippen molar-refractivity contribution in [1.82, 2.24) is 9.78 Å². The molecule has 0 radical (unpaired) electrons. The molecule has 0 aliphatic heterocycles. The van der Waals surface area contributed by atoms with Crippen molar-refractivity contribution in [3.05, 3.63) is 65.4 Å². The Morgan fingerprint density at radius 3 is 1.91 bits per heavy atom. The van der Waals surface area contributed by atoms with E-state index in [2.05, 4.69) is 57.1 Å². The summed E-state index contributed by atoms with van der Waals surface area (Å²) in [5.41, 5.74) is 6.21. The van der Waals surface area contributed by atoms with Crippen molar-refractivity contribution < 1.29 is 5.11 Å². The molecule has 0 saturated carbocycles. The maximum atomic E-state index is 10.5. The minimum atomic E-state index is 0.0816. The lowest BCUT2D eigenvalue weighted by Gasteiger charge is -2.13. The van der Waals surface area contributed by atoms with E-state index in [1.807, 2.05) is 28.9 Å². The number of aromatic nitrogens is 2. The summed E-state index contributed by atoms with van der Waals surface area (Å²) in [6, 6.07) is 16.4. The van der Waals surface area contributed by atoms with Crippen LogP contribution in [0.25, 0.3) is 16.8 Å². The molecular formula is C20H22N2O. The van der Waals surface area contributed by atoms with Gasteiger partial charge in [-0.2, -0.15) is 0 Å². The van der Waals surface area contributed by atoms with Gasteiger partial charge in [0.15, 0.2) is 0 Å². The molecule has 3 nitrogen and oxygen atoms in total. The van der Waals surface area contributed by atoms with Crippen molar-refractivity contribution in [1.29, 1.82) is 0 Å². The first kappa shape index (κ1) is 15.3.